The van der Waals surface area contributed by atoms with E-state index in [1.165, 1.54) is 0 Å². The van der Waals surface area contributed by atoms with Gasteiger partial charge in [0.05, 0.1) is 30.6 Å². The van der Waals surface area contributed by atoms with Gasteiger partial charge in [0.1, 0.15) is 11.3 Å². The zero-order chi connectivity index (χ0) is 19.2. The Morgan fingerprint density at radius 2 is 1.89 bits per heavy atom. The maximum absolute atomic E-state index is 12.1. The van der Waals surface area contributed by atoms with Crippen LogP contribution in [0.25, 0.3) is 11.0 Å². The highest BCUT2D eigenvalue weighted by molar-refractivity contribution is 6.01. The van der Waals surface area contributed by atoms with Gasteiger partial charge in [-0.3, -0.25) is 4.79 Å². The molecule has 138 valence electrons. The number of amides is 1. The van der Waals surface area contributed by atoms with Gasteiger partial charge in [0.15, 0.2) is 0 Å². The van der Waals surface area contributed by atoms with Crippen LogP contribution in [0.3, 0.4) is 0 Å². The van der Waals surface area contributed by atoms with Gasteiger partial charge in [0.2, 0.25) is 0 Å². The lowest BCUT2D eigenvalue weighted by Gasteiger charge is -2.10. The van der Waals surface area contributed by atoms with Crippen LogP contribution >= 0.6 is 0 Å². The third kappa shape index (κ3) is 4.33. The number of hydrogen-bond acceptors (Lipinski definition) is 6. The first-order valence-corrected chi connectivity index (χ1v) is 8.32. The highest BCUT2D eigenvalue weighted by Crippen LogP contribution is 2.22. The summed E-state index contributed by atoms with van der Waals surface area (Å²) in [6.07, 6.45) is 0. The van der Waals surface area contributed by atoms with Crippen molar-refractivity contribution in [2.75, 3.05) is 19.0 Å². The molecule has 0 bridgehead atoms. The Kier molecular flexibility index (Phi) is 5.51. The predicted octanol–water partition coefficient (Wildman–Crippen LogP) is 2.75. The summed E-state index contributed by atoms with van der Waals surface area (Å²) < 4.78 is 10.5. The fourth-order valence-electron chi connectivity index (χ4n) is 2.53. The summed E-state index contributed by atoms with van der Waals surface area (Å²) >= 11 is 0. The molecule has 2 N–H and O–H groups in total. The summed E-state index contributed by atoms with van der Waals surface area (Å²) in [7, 11) is 1.56. The standard InChI is InChI=1S/C20H19N3O4/c1-13(15-11-14-7-3-5-9-17(14)27-20(15)25)22-23-19(24)12-21-16-8-4-6-10-18(16)26-2/h3-11,21H,12H2,1-2H3,(H,23,24)/b22-13-. The molecule has 0 saturated carbocycles. The molecular weight excluding hydrogens is 346 g/mol. The zero-order valence-corrected chi connectivity index (χ0v) is 15.0. The van der Waals surface area contributed by atoms with E-state index in [0.717, 1.165) is 5.39 Å². The number of hydrogen-bond donors (Lipinski definition) is 2. The molecule has 0 aliphatic carbocycles. The first-order chi connectivity index (χ1) is 13.1. The van der Waals surface area contributed by atoms with Crippen molar-refractivity contribution < 1.29 is 13.9 Å². The van der Waals surface area contributed by atoms with Crippen molar-refractivity contribution in [3.8, 4) is 5.75 Å². The van der Waals surface area contributed by atoms with Crippen molar-refractivity contribution in [3.63, 3.8) is 0 Å². The minimum Gasteiger partial charge on any atom is -0.495 e. The van der Waals surface area contributed by atoms with Crippen LogP contribution in [-0.4, -0.2) is 25.3 Å². The number of fused-ring (bicyclic) bond motifs is 1. The lowest BCUT2D eigenvalue weighted by atomic mass is 10.1. The molecule has 7 nitrogen and oxygen atoms in total. The van der Waals surface area contributed by atoms with Crippen molar-refractivity contribution in [1.29, 1.82) is 0 Å². The van der Waals surface area contributed by atoms with Gasteiger partial charge in [-0.05, 0) is 31.2 Å². The SMILES string of the molecule is COc1ccccc1NCC(=O)N/N=C(/C)c1cc2ccccc2oc1=O. The Balaban J connectivity index is 1.67. The van der Waals surface area contributed by atoms with E-state index in [-0.39, 0.29) is 12.5 Å². The molecule has 0 unspecified atom stereocenters. The maximum Gasteiger partial charge on any atom is 0.345 e. The molecule has 1 heterocycles. The molecule has 27 heavy (non-hydrogen) atoms. The number of anilines is 1. The van der Waals surface area contributed by atoms with Gasteiger partial charge < -0.3 is 14.5 Å². The van der Waals surface area contributed by atoms with Crippen LogP contribution in [-0.2, 0) is 4.79 Å². The van der Waals surface area contributed by atoms with Crippen molar-refractivity contribution in [2.24, 2.45) is 5.10 Å². The third-order valence-corrected chi connectivity index (χ3v) is 3.93. The molecule has 3 rings (SSSR count). The lowest BCUT2D eigenvalue weighted by molar-refractivity contribution is -0.119. The van der Waals surface area contributed by atoms with E-state index in [1.807, 2.05) is 24.3 Å². The Morgan fingerprint density at radius 3 is 2.70 bits per heavy atom. The van der Waals surface area contributed by atoms with E-state index < -0.39 is 5.63 Å². The molecule has 2 aromatic carbocycles. The van der Waals surface area contributed by atoms with Crippen LogP contribution in [0.1, 0.15) is 12.5 Å². The summed E-state index contributed by atoms with van der Waals surface area (Å²) in [4.78, 5) is 24.1. The van der Waals surface area contributed by atoms with Gasteiger partial charge in [-0.1, -0.05) is 30.3 Å². The van der Waals surface area contributed by atoms with Gasteiger partial charge in [0.25, 0.3) is 5.91 Å². The van der Waals surface area contributed by atoms with E-state index >= 15 is 0 Å². The number of ether oxygens (including phenoxy) is 1. The second kappa shape index (κ2) is 8.18. The molecule has 1 aromatic heterocycles. The van der Waals surface area contributed by atoms with Crippen molar-refractivity contribution in [2.45, 2.75) is 6.92 Å². The number of carbonyl (C=O) groups excluding carboxylic acids is 1. The Labute approximate surface area is 155 Å². The first kappa shape index (κ1) is 18.2. The Morgan fingerprint density at radius 1 is 1.15 bits per heavy atom. The topological polar surface area (TPSA) is 92.9 Å². The molecule has 3 aromatic rings. The van der Waals surface area contributed by atoms with Crippen LogP contribution in [0.2, 0.25) is 0 Å². The second-order valence-corrected chi connectivity index (χ2v) is 5.77. The highest BCUT2D eigenvalue weighted by Gasteiger charge is 2.09. The van der Waals surface area contributed by atoms with Crippen LogP contribution in [0.4, 0.5) is 5.69 Å². The van der Waals surface area contributed by atoms with Gasteiger partial charge in [-0.15, -0.1) is 0 Å². The number of rotatable bonds is 6. The molecule has 0 saturated heterocycles. The maximum atomic E-state index is 12.1. The third-order valence-electron chi connectivity index (χ3n) is 3.93. The highest BCUT2D eigenvalue weighted by atomic mass is 16.5. The largest absolute Gasteiger partial charge is 0.495 e. The smallest absolute Gasteiger partial charge is 0.345 e. The van der Waals surface area contributed by atoms with Crippen LogP contribution in [0.15, 0.2) is 68.9 Å². The average Bonchev–Trinajstić information content (AvgIpc) is 2.70. The molecule has 0 radical (unpaired) electrons. The molecule has 1 amide bonds. The van der Waals surface area contributed by atoms with E-state index in [1.54, 1.807) is 44.4 Å². The first-order valence-electron chi connectivity index (χ1n) is 8.32. The summed E-state index contributed by atoms with van der Waals surface area (Å²) in [5.74, 6) is 0.282. The molecular formula is C20H19N3O4. The van der Waals surface area contributed by atoms with E-state index in [4.69, 9.17) is 9.15 Å². The molecule has 0 spiro atoms. The fraction of sp³-hybridized carbons (Fsp3) is 0.150. The number of para-hydroxylation sites is 3. The lowest BCUT2D eigenvalue weighted by Crippen LogP contribution is -2.27. The Hall–Kier alpha value is -3.61. The van der Waals surface area contributed by atoms with E-state index in [0.29, 0.717) is 28.3 Å². The summed E-state index contributed by atoms with van der Waals surface area (Å²) in [5.41, 5.74) is 3.79. The zero-order valence-electron chi connectivity index (χ0n) is 15.0. The van der Waals surface area contributed by atoms with Gasteiger partial charge >= 0.3 is 5.63 Å². The van der Waals surface area contributed by atoms with Gasteiger partial charge in [-0.25, -0.2) is 10.2 Å². The van der Waals surface area contributed by atoms with Crippen molar-refractivity contribution in [3.05, 3.63) is 70.6 Å². The normalized spacial score (nSPS) is 11.3. The Bertz CT molecular complexity index is 1060. The quantitative estimate of drug-likeness (QED) is 0.398. The molecule has 7 heteroatoms. The average molecular weight is 365 g/mol. The minimum absolute atomic E-state index is 0.00345. The van der Waals surface area contributed by atoms with Crippen molar-refractivity contribution in [1.82, 2.24) is 5.43 Å². The number of carbonyl (C=O) groups is 1. The molecule has 0 fully saturated rings. The summed E-state index contributed by atoms with van der Waals surface area (Å²) in [5, 5.41) is 7.76. The molecule has 0 aliphatic rings. The molecule has 0 aliphatic heterocycles. The number of methoxy groups -OCH3 is 1. The van der Waals surface area contributed by atoms with E-state index in [9.17, 15) is 9.59 Å². The fourth-order valence-corrected chi connectivity index (χ4v) is 2.53. The van der Waals surface area contributed by atoms with Crippen LogP contribution in [0.5, 0.6) is 5.75 Å². The predicted molar refractivity (Wildman–Crippen MR) is 104 cm³/mol. The number of nitrogens with one attached hydrogen (secondary N) is 2. The second-order valence-electron chi connectivity index (χ2n) is 5.77. The minimum atomic E-state index is -0.503. The van der Waals surface area contributed by atoms with Gasteiger partial charge in [0, 0.05) is 5.39 Å². The monoisotopic (exact) mass is 365 g/mol. The molecule has 0 atom stereocenters. The summed E-state index contributed by atoms with van der Waals surface area (Å²) in [6, 6.07) is 16.2. The van der Waals surface area contributed by atoms with Crippen molar-refractivity contribution >= 4 is 28.3 Å². The number of nitrogens with zero attached hydrogens (tertiary/aromatic N) is 1. The van der Waals surface area contributed by atoms with Crippen LogP contribution in [0, 0.1) is 0 Å². The van der Waals surface area contributed by atoms with Gasteiger partial charge in [-0.2, -0.15) is 5.10 Å². The van der Waals surface area contributed by atoms with Crippen LogP contribution < -0.4 is 21.1 Å². The van der Waals surface area contributed by atoms with E-state index in [2.05, 4.69) is 15.8 Å². The number of benzene rings is 2. The number of hydrazone groups is 1. The summed E-state index contributed by atoms with van der Waals surface area (Å²) in [6.45, 7) is 1.64.